The molecule has 106 valence electrons. The van der Waals surface area contributed by atoms with Gasteiger partial charge in [0.25, 0.3) is 0 Å². The third-order valence-electron chi connectivity index (χ3n) is 2.50. The van der Waals surface area contributed by atoms with Gasteiger partial charge in [0.1, 0.15) is 0 Å². The lowest BCUT2D eigenvalue weighted by molar-refractivity contribution is -0.137. The summed E-state index contributed by atoms with van der Waals surface area (Å²) in [4.78, 5) is 3.49. The molecule has 2 N–H and O–H groups in total. The van der Waals surface area contributed by atoms with E-state index in [1.165, 1.54) is 7.11 Å². The van der Waals surface area contributed by atoms with E-state index in [1.54, 1.807) is 24.3 Å². The van der Waals surface area contributed by atoms with Crippen molar-refractivity contribution in [2.45, 2.75) is 6.18 Å². The number of ether oxygens (including phenoxy) is 2. The molecule has 1 aromatic heterocycles. The highest BCUT2D eigenvalue weighted by atomic mass is 19.4. The number of benzene rings is 1. The van der Waals surface area contributed by atoms with Gasteiger partial charge in [0, 0.05) is 6.20 Å². The second-order valence-electron chi connectivity index (χ2n) is 3.86. The lowest BCUT2D eigenvalue weighted by Crippen LogP contribution is -2.07. The zero-order valence-electron chi connectivity index (χ0n) is 10.4. The molecule has 20 heavy (non-hydrogen) atoms. The molecule has 0 aliphatic heterocycles. The number of anilines is 1. The molecule has 0 saturated carbocycles. The molecule has 4 nitrogen and oxygen atoms in total. The van der Waals surface area contributed by atoms with Crippen molar-refractivity contribution in [2.24, 2.45) is 0 Å². The van der Waals surface area contributed by atoms with Crippen molar-refractivity contribution >= 4 is 5.82 Å². The molecule has 0 aliphatic carbocycles. The van der Waals surface area contributed by atoms with Gasteiger partial charge in [-0.15, -0.1) is 0 Å². The number of para-hydroxylation sites is 2. The summed E-state index contributed by atoms with van der Waals surface area (Å²) in [5.41, 5.74) is 4.59. The average molecular weight is 284 g/mol. The summed E-state index contributed by atoms with van der Waals surface area (Å²) in [5.74, 6) is 0.320. The largest absolute Gasteiger partial charge is 0.493 e. The van der Waals surface area contributed by atoms with Crippen LogP contribution in [0.15, 0.2) is 36.5 Å². The molecule has 0 atom stereocenters. The van der Waals surface area contributed by atoms with E-state index in [4.69, 9.17) is 15.2 Å². The molecule has 0 saturated heterocycles. The minimum Gasteiger partial charge on any atom is -0.493 e. The quantitative estimate of drug-likeness (QED) is 0.937. The van der Waals surface area contributed by atoms with Crippen LogP contribution in [0.25, 0.3) is 0 Å². The number of pyridine rings is 1. The molecule has 0 amide bonds. The van der Waals surface area contributed by atoms with Crippen LogP contribution in [0, 0.1) is 0 Å². The maximum Gasteiger partial charge on any atom is 0.418 e. The highest BCUT2D eigenvalue weighted by Gasteiger charge is 2.32. The van der Waals surface area contributed by atoms with E-state index >= 15 is 0 Å². The Morgan fingerprint density at radius 3 is 2.35 bits per heavy atom. The number of alkyl halides is 3. The van der Waals surface area contributed by atoms with Gasteiger partial charge in [-0.1, -0.05) is 12.1 Å². The van der Waals surface area contributed by atoms with Crippen LogP contribution in [-0.2, 0) is 6.18 Å². The lowest BCUT2D eigenvalue weighted by Gasteiger charge is -2.13. The predicted octanol–water partition coefficient (Wildman–Crippen LogP) is 3.48. The minimum atomic E-state index is -4.51. The standard InChI is InChI=1S/C13H11F3N2O2/c1-19-9-4-2-3-5-10(9)20-11-6-8(13(14,15)16)7-18-12(11)17/h2-7H,1H3,(H2,17,18). The number of aromatic nitrogens is 1. The Hall–Kier alpha value is -2.44. The first-order valence-corrected chi connectivity index (χ1v) is 5.55. The number of nitrogen functional groups attached to an aromatic ring is 1. The van der Waals surface area contributed by atoms with Gasteiger partial charge < -0.3 is 15.2 Å². The smallest absolute Gasteiger partial charge is 0.418 e. The third kappa shape index (κ3) is 2.93. The van der Waals surface area contributed by atoms with Crippen LogP contribution in [0.2, 0.25) is 0 Å². The highest BCUT2D eigenvalue weighted by Crippen LogP contribution is 2.37. The summed E-state index contributed by atoms with van der Waals surface area (Å²) >= 11 is 0. The molecular weight excluding hydrogens is 273 g/mol. The van der Waals surface area contributed by atoms with Gasteiger partial charge in [-0.3, -0.25) is 0 Å². The molecule has 1 aromatic carbocycles. The van der Waals surface area contributed by atoms with Gasteiger partial charge in [0.05, 0.1) is 12.7 Å². The van der Waals surface area contributed by atoms with E-state index in [1.807, 2.05) is 0 Å². The second kappa shape index (κ2) is 5.28. The van der Waals surface area contributed by atoms with Crippen molar-refractivity contribution < 1.29 is 22.6 Å². The van der Waals surface area contributed by atoms with Gasteiger partial charge in [0.2, 0.25) is 0 Å². The third-order valence-corrected chi connectivity index (χ3v) is 2.50. The Labute approximate surface area is 113 Å². The van der Waals surface area contributed by atoms with Crippen molar-refractivity contribution in [3.05, 3.63) is 42.1 Å². The maximum atomic E-state index is 12.6. The monoisotopic (exact) mass is 284 g/mol. The van der Waals surface area contributed by atoms with E-state index in [-0.39, 0.29) is 17.3 Å². The predicted molar refractivity (Wildman–Crippen MR) is 66.7 cm³/mol. The summed E-state index contributed by atoms with van der Waals surface area (Å²) in [6.07, 6.45) is -3.86. The van der Waals surface area contributed by atoms with Crippen molar-refractivity contribution in [2.75, 3.05) is 12.8 Å². The normalized spacial score (nSPS) is 11.2. The van der Waals surface area contributed by atoms with Crippen LogP contribution in [0.1, 0.15) is 5.56 Å². The Kier molecular flexibility index (Phi) is 3.69. The Morgan fingerprint density at radius 1 is 1.10 bits per heavy atom. The number of nitrogens with two attached hydrogens (primary N) is 1. The summed E-state index contributed by atoms with van der Waals surface area (Å²) in [7, 11) is 1.43. The van der Waals surface area contributed by atoms with Crippen LogP contribution in [0.3, 0.4) is 0 Å². The molecule has 2 rings (SSSR count). The van der Waals surface area contributed by atoms with Crippen LogP contribution in [-0.4, -0.2) is 12.1 Å². The number of nitrogens with zero attached hydrogens (tertiary/aromatic N) is 1. The molecule has 0 bridgehead atoms. The summed E-state index contributed by atoms with van der Waals surface area (Å²) in [6.45, 7) is 0. The molecule has 0 spiro atoms. The molecule has 1 heterocycles. The summed E-state index contributed by atoms with van der Waals surface area (Å²) in [6, 6.07) is 7.34. The fraction of sp³-hybridized carbons (Fsp3) is 0.154. The van der Waals surface area contributed by atoms with Gasteiger partial charge in [-0.2, -0.15) is 13.2 Å². The fourth-order valence-electron chi connectivity index (χ4n) is 1.51. The Balaban J connectivity index is 2.38. The number of methoxy groups -OCH3 is 1. The average Bonchev–Trinajstić information content (AvgIpc) is 2.40. The first kappa shape index (κ1) is 14.0. The van der Waals surface area contributed by atoms with Crippen LogP contribution >= 0.6 is 0 Å². The zero-order chi connectivity index (χ0) is 14.8. The molecule has 2 aromatic rings. The molecular formula is C13H11F3N2O2. The Morgan fingerprint density at radius 2 is 1.75 bits per heavy atom. The fourth-order valence-corrected chi connectivity index (χ4v) is 1.51. The van der Waals surface area contributed by atoms with Gasteiger partial charge in [-0.05, 0) is 18.2 Å². The van der Waals surface area contributed by atoms with Crippen molar-refractivity contribution in [1.82, 2.24) is 4.98 Å². The van der Waals surface area contributed by atoms with E-state index in [9.17, 15) is 13.2 Å². The maximum absolute atomic E-state index is 12.6. The molecule has 0 aliphatic rings. The van der Waals surface area contributed by atoms with Gasteiger partial charge in [-0.25, -0.2) is 4.98 Å². The number of hydrogen-bond donors (Lipinski definition) is 1. The number of rotatable bonds is 3. The van der Waals surface area contributed by atoms with Crippen LogP contribution in [0.4, 0.5) is 19.0 Å². The minimum absolute atomic E-state index is 0.135. The SMILES string of the molecule is COc1ccccc1Oc1cc(C(F)(F)F)cnc1N. The summed E-state index contributed by atoms with van der Waals surface area (Å²) in [5, 5.41) is 0. The van der Waals surface area contributed by atoms with Crippen LogP contribution in [0.5, 0.6) is 17.2 Å². The van der Waals surface area contributed by atoms with Crippen molar-refractivity contribution in [3.8, 4) is 17.2 Å². The molecule has 0 unspecified atom stereocenters. The van der Waals surface area contributed by atoms with Gasteiger partial charge >= 0.3 is 6.18 Å². The molecule has 0 fully saturated rings. The Bertz CT molecular complexity index is 615. The van der Waals surface area contributed by atoms with E-state index in [0.717, 1.165) is 6.07 Å². The van der Waals surface area contributed by atoms with E-state index < -0.39 is 11.7 Å². The van der Waals surface area contributed by atoms with Crippen LogP contribution < -0.4 is 15.2 Å². The zero-order valence-corrected chi connectivity index (χ0v) is 10.4. The number of hydrogen-bond acceptors (Lipinski definition) is 4. The number of halogens is 3. The highest BCUT2D eigenvalue weighted by molar-refractivity contribution is 5.52. The lowest BCUT2D eigenvalue weighted by atomic mass is 10.2. The van der Waals surface area contributed by atoms with Crippen molar-refractivity contribution in [1.29, 1.82) is 0 Å². The first-order chi connectivity index (χ1) is 9.41. The second-order valence-corrected chi connectivity index (χ2v) is 3.86. The molecule has 7 heteroatoms. The first-order valence-electron chi connectivity index (χ1n) is 5.55. The van der Waals surface area contributed by atoms with Crippen molar-refractivity contribution in [3.63, 3.8) is 0 Å². The van der Waals surface area contributed by atoms with Gasteiger partial charge in [0.15, 0.2) is 23.1 Å². The molecule has 0 radical (unpaired) electrons. The van der Waals surface area contributed by atoms with E-state index in [2.05, 4.69) is 4.98 Å². The summed E-state index contributed by atoms with van der Waals surface area (Å²) < 4.78 is 48.3. The topological polar surface area (TPSA) is 57.4 Å². The van der Waals surface area contributed by atoms with E-state index in [0.29, 0.717) is 11.9 Å².